The summed E-state index contributed by atoms with van der Waals surface area (Å²) in [5.41, 5.74) is 8.95. The molecule has 3 aromatic rings. The maximum Gasteiger partial charge on any atom is 0.270 e. The van der Waals surface area contributed by atoms with Gasteiger partial charge in [0.25, 0.3) is 5.56 Å². The first-order valence-corrected chi connectivity index (χ1v) is 9.05. The van der Waals surface area contributed by atoms with Crippen LogP contribution in [0.3, 0.4) is 0 Å². The van der Waals surface area contributed by atoms with Crippen LogP contribution >= 0.6 is 0 Å². The second-order valence-electron chi connectivity index (χ2n) is 6.03. The molecular formula is C20H23N5O2. The number of nitrogens with two attached hydrogens (primary N) is 1. The van der Waals surface area contributed by atoms with E-state index in [1.54, 1.807) is 25.4 Å². The van der Waals surface area contributed by atoms with E-state index in [4.69, 9.17) is 10.5 Å². The van der Waals surface area contributed by atoms with Gasteiger partial charge in [0.1, 0.15) is 17.0 Å². The van der Waals surface area contributed by atoms with Gasteiger partial charge in [-0.25, -0.2) is 9.97 Å². The second kappa shape index (κ2) is 8.09. The fourth-order valence-electron chi connectivity index (χ4n) is 2.87. The molecule has 0 bridgehead atoms. The van der Waals surface area contributed by atoms with Gasteiger partial charge in [-0.3, -0.25) is 9.78 Å². The normalized spacial score (nSPS) is 15.9. The maximum atomic E-state index is 11.9. The molecule has 4 rings (SSSR count). The second-order valence-corrected chi connectivity index (χ2v) is 6.03. The van der Waals surface area contributed by atoms with Gasteiger partial charge in [0.15, 0.2) is 11.4 Å². The molecule has 7 heteroatoms. The smallest absolute Gasteiger partial charge is 0.270 e. The standard InChI is InChI=1S/C18H17N5O2.C2H6/c1-10-18(24)23-16-15(6-8-21-17(16)22-10)25-14-5-4-11(19)9-13-12(14)3-2-7-20-13;1-2/h2-3,5-8,11H,4,9,19H2,1H3,(H,23,24);1-2H3. The largest absolute Gasteiger partial charge is 0.455 e. The molecule has 27 heavy (non-hydrogen) atoms. The quantitative estimate of drug-likeness (QED) is 0.723. The monoisotopic (exact) mass is 365 g/mol. The SMILES string of the molecule is CC.Cc1nc2nccc(OC3=CCC(N)Cc4ncccc43)c2[nH]c1=O. The summed E-state index contributed by atoms with van der Waals surface area (Å²) in [7, 11) is 0. The highest BCUT2D eigenvalue weighted by molar-refractivity contribution is 5.79. The number of hydrogen-bond donors (Lipinski definition) is 2. The van der Waals surface area contributed by atoms with Gasteiger partial charge >= 0.3 is 0 Å². The van der Waals surface area contributed by atoms with Gasteiger partial charge in [-0.05, 0) is 31.6 Å². The van der Waals surface area contributed by atoms with Gasteiger partial charge in [-0.2, -0.15) is 0 Å². The molecule has 0 spiro atoms. The molecule has 0 saturated carbocycles. The van der Waals surface area contributed by atoms with Crippen molar-refractivity contribution in [3.8, 4) is 5.75 Å². The number of aromatic amines is 1. The summed E-state index contributed by atoms with van der Waals surface area (Å²) in [5, 5.41) is 0. The van der Waals surface area contributed by atoms with Crippen molar-refractivity contribution in [1.29, 1.82) is 0 Å². The maximum absolute atomic E-state index is 11.9. The predicted octanol–water partition coefficient (Wildman–Crippen LogP) is 2.74. The molecule has 1 aliphatic carbocycles. The van der Waals surface area contributed by atoms with E-state index in [0.29, 0.717) is 41.2 Å². The number of fused-ring (bicyclic) bond motifs is 2. The van der Waals surface area contributed by atoms with Crippen LogP contribution < -0.4 is 16.0 Å². The Labute approximate surface area is 157 Å². The molecule has 3 heterocycles. The number of H-pyrrole nitrogens is 1. The lowest BCUT2D eigenvalue weighted by atomic mass is 10.1. The van der Waals surface area contributed by atoms with Crippen LogP contribution in [0.4, 0.5) is 0 Å². The number of nitrogens with one attached hydrogen (secondary N) is 1. The Hall–Kier alpha value is -3.06. The van der Waals surface area contributed by atoms with E-state index in [-0.39, 0.29) is 11.6 Å². The van der Waals surface area contributed by atoms with Crippen LogP contribution in [-0.2, 0) is 6.42 Å². The molecule has 0 aromatic carbocycles. The highest BCUT2D eigenvalue weighted by atomic mass is 16.5. The molecule has 140 valence electrons. The molecule has 1 atom stereocenters. The third kappa shape index (κ3) is 3.88. The lowest BCUT2D eigenvalue weighted by molar-refractivity contribution is 0.516. The molecule has 0 fully saturated rings. The van der Waals surface area contributed by atoms with Crippen LogP contribution in [0.1, 0.15) is 37.2 Å². The first kappa shape index (κ1) is 18.7. The molecule has 7 nitrogen and oxygen atoms in total. The van der Waals surface area contributed by atoms with Crippen molar-refractivity contribution in [1.82, 2.24) is 19.9 Å². The van der Waals surface area contributed by atoms with E-state index in [9.17, 15) is 4.79 Å². The van der Waals surface area contributed by atoms with Crippen molar-refractivity contribution < 1.29 is 4.74 Å². The summed E-state index contributed by atoms with van der Waals surface area (Å²) in [6.07, 6.45) is 6.69. The lowest BCUT2D eigenvalue weighted by Crippen LogP contribution is -2.21. The van der Waals surface area contributed by atoms with Crippen molar-refractivity contribution in [3.05, 3.63) is 64.0 Å². The summed E-state index contributed by atoms with van der Waals surface area (Å²) in [4.78, 5) is 27.6. The summed E-state index contributed by atoms with van der Waals surface area (Å²) in [5.74, 6) is 1.16. The Morgan fingerprint density at radius 1 is 1.22 bits per heavy atom. The van der Waals surface area contributed by atoms with E-state index in [1.165, 1.54) is 0 Å². The third-order valence-electron chi connectivity index (χ3n) is 4.17. The van der Waals surface area contributed by atoms with Gasteiger partial charge in [-0.15, -0.1) is 0 Å². The van der Waals surface area contributed by atoms with Crippen molar-refractivity contribution in [2.24, 2.45) is 5.73 Å². The van der Waals surface area contributed by atoms with Crippen molar-refractivity contribution in [2.75, 3.05) is 0 Å². The lowest BCUT2D eigenvalue weighted by Gasteiger charge is -2.13. The molecule has 3 aromatic heterocycles. The molecule has 0 aliphatic heterocycles. The highest BCUT2D eigenvalue weighted by Crippen LogP contribution is 2.29. The Morgan fingerprint density at radius 2 is 2.04 bits per heavy atom. The summed E-state index contributed by atoms with van der Waals surface area (Å²) >= 11 is 0. The van der Waals surface area contributed by atoms with Crippen LogP contribution in [0.2, 0.25) is 0 Å². The molecule has 1 aliphatic rings. The van der Waals surface area contributed by atoms with Crippen LogP contribution in [-0.4, -0.2) is 26.0 Å². The minimum Gasteiger partial charge on any atom is -0.455 e. The highest BCUT2D eigenvalue weighted by Gasteiger charge is 2.19. The van der Waals surface area contributed by atoms with Gasteiger partial charge in [0.2, 0.25) is 0 Å². The number of aromatic nitrogens is 4. The van der Waals surface area contributed by atoms with Crippen molar-refractivity contribution in [2.45, 2.75) is 39.7 Å². The van der Waals surface area contributed by atoms with Crippen LogP contribution in [0.15, 0.2) is 41.5 Å². The molecule has 0 radical (unpaired) electrons. The minimum absolute atomic E-state index is 0.00643. The first-order valence-electron chi connectivity index (χ1n) is 9.05. The van der Waals surface area contributed by atoms with E-state index in [1.807, 2.05) is 32.1 Å². The summed E-state index contributed by atoms with van der Waals surface area (Å²) < 4.78 is 6.13. The van der Waals surface area contributed by atoms with Crippen LogP contribution in [0.25, 0.3) is 16.9 Å². The summed E-state index contributed by atoms with van der Waals surface area (Å²) in [6, 6.07) is 5.52. The Bertz CT molecular complexity index is 1040. The summed E-state index contributed by atoms with van der Waals surface area (Å²) in [6.45, 7) is 5.64. The molecular weight excluding hydrogens is 342 g/mol. The Kier molecular flexibility index (Phi) is 5.61. The van der Waals surface area contributed by atoms with E-state index in [0.717, 1.165) is 11.3 Å². The fraction of sp³-hybridized carbons (Fsp3) is 0.300. The van der Waals surface area contributed by atoms with Gasteiger partial charge in [0, 0.05) is 36.5 Å². The molecule has 1 unspecified atom stereocenters. The fourth-order valence-corrected chi connectivity index (χ4v) is 2.87. The first-order chi connectivity index (χ1) is 13.1. The number of rotatable bonds is 2. The molecule has 0 saturated heterocycles. The topological polar surface area (TPSA) is 107 Å². The van der Waals surface area contributed by atoms with Crippen LogP contribution in [0, 0.1) is 6.92 Å². The number of hydrogen-bond acceptors (Lipinski definition) is 6. The van der Waals surface area contributed by atoms with Gasteiger partial charge < -0.3 is 15.5 Å². The molecule has 0 amide bonds. The Balaban J connectivity index is 0.00000102. The number of ether oxygens (including phenoxy) is 1. The molecule has 3 N–H and O–H groups in total. The average Bonchev–Trinajstić information content (AvgIpc) is 2.84. The minimum atomic E-state index is -0.260. The Morgan fingerprint density at radius 3 is 2.85 bits per heavy atom. The van der Waals surface area contributed by atoms with E-state index >= 15 is 0 Å². The van der Waals surface area contributed by atoms with E-state index < -0.39 is 0 Å². The van der Waals surface area contributed by atoms with Crippen molar-refractivity contribution >= 4 is 16.9 Å². The van der Waals surface area contributed by atoms with Gasteiger partial charge in [-0.1, -0.05) is 13.8 Å². The number of aryl methyl sites for hydroxylation is 1. The number of nitrogens with zero attached hydrogens (tertiary/aromatic N) is 3. The van der Waals surface area contributed by atoms with Gasteiger partial charge in [0.05, 0.1) is 5.69 Å². The predicted molar refractivity (Wildman–Crippen MR) is 105 cm³/mol. The van der Waals surface area contributed by atoms with Crippen molar-refractivity contribution in [3.63, 3.8) is 0 Å². The number of pyridine rings is 2. The van der Waals surface area contributed by atoms with E-state index in [2.05, 4.69) is 19.9 Å². The van der Waals surface area contributed by atoms with Crippen LogP contribution in [0.5, 0.6) is 5.75 Å². The zero-order valence-corrected chi connectivity index (χ0v) is 15.7. The zero-order valence-electron chi connectivity index (χ0n) is 15.7. The zero-order chi connectivity index (χ0) is 19.4. The average molecular weight is 365 g/mol. The third-order valence-corrected chi connectivity index (χ3v) is 4.17.